The van der Waals surface area contributed by atoms with Crippen LogP contribution in [0.15, 0.2) is 78.9 Å². The molecule has 5 rings (SSSR count). The van der Waals surface area contributed by atoms with E-state index in [0.717, 1.165) is 51.4 Å². The molecule has 0 bridgehead atoms. The van der Waals surface area contributed by atoms with Gasteiger partial charge in [0.05, 0.1) is 42.7 Å². The summed E-state index contributed by atoms with van der Waals surface area (Å²) in [5, 5.41) is 0.0833. The maximum Gasteiger partial charge on any atom is 0.126 e. The van der Waals surface area contributed by atoms with Gasteiger partial charge >= 0.3 is 0 Å². The van der Waals surface area contributed by atoms with Crippen molar-refractivity contribution in [2.24, 2.45) is 0 Å². The molecule has 1 aliphatic rings. The molecule has 0 N–H and O–H groups in total. The largest absolute Gasteiger partial charge is 0.497 e. The Bertz CT molecular complexity index is 1450. The molecule has 4 aromatic carbocycles. The van der Waals surface area contributed by atoms with Crippen LogP contribution in [-0.4, -0.2) is 42.7 Å². The molecule has 214 valence electrons. The third-order valence-electron chi connectivity index (χ3n) is 7.73. The van der Waals surface area contributed by atoms with Crippen LogP contribution < -0.4 is 28.4 Å². The van der Waals surface area contributed by atoms with Crippen molar-refractivity contribution in [1.82, 2.24) is 0 Å². The molecule has 0 spiro atoms. The summed E-state index contributed by atoms with van der Waals surface area (Å²) >= 11 is 1.91. The second-order valence-corrected chi connectivity index (χ2v) is 11.0. The summed E-state index contributed by atoms with van der Waals surface area (Å²) in [6.45, 7) is 0. The number of ether oxygens (including phenoxy) is 6. The third-order valence-corrected chi connectivity index (χ3v) is 9.13. The summed E-state index contributed by atoms with van der Waals surface area (Å²) in [5.41, 5.74) is 5.90. The lowest BCUT2D eigenvalue weighted by Crippen LogP contribution is -2.12. The van der Waals surface area contributed by atoms with Crippen LogP contribution in [0.3, 0.4) is 0 Å². The van der Waals surface area contributed by atoms with Crippen molar-refractivity contribution < 1.29 is 28.4 Å². The molecule has 1 aliphatic carbocycles. The highest BCUT2D eigenvalue weighted by molar-refractivity contribution is 7.98. The first kappa shape index (κ1) is 28.6. The highest BCUT2D eigenvalue weighted by atomic mass is 32.2. The second-order valence-electron chi connectivity index (χ2n) is 9.83. The van der Waals surface area contributed by atoms with Gasteiger partial charge in [-0.2, -0.15) is 0 Å². The summed E-state index contributed by atoms with van der Waals surface area (Å²) in [4.78, 5) is 0. The van der Waals surface area contributed by atoms with E-state index in [-0.39, 0.29) is 17.1 Å². The molecule has 3 atom stereocenters. The highest BCUT2D eigenvalue weighted by Gasteiger charge is 2.45. The van der Waals surface area contributed by atoms with Gasteiger partial charge in [0.1, 0.15) is 34.5 Å². The van der Waals surface area contributed by atoms with Crippen molar-refractivity contribution in [2.45, 2.75) is 22.8 Å². The molecule has 0 amide bonds. The van der Waals surface area contributed by atoms with Gasteiger partial charge in [0.2, 0.25) is 0 Å². The van der Waals surface area contributed by atoms with Crippen LogP contribution in [0.4, 0.5) is 0 Å². The number of methoxy groups -OCH3 is 6. The standard InChI is InChI=1S/C34H36O6S/c1-35-24-11-7-21(8-12-24)20-41-34-29-18-28(39-5)19-30(40-6)33(29)31(22-9-13-25(36-2)14-10-22)32(34)23-15-26(37-3)17-27(16-23)38-4/h7-19,31-32,34H,20H2,1-6H3/t31-,32-,34?/m0/s1. The Morgan fingerprint density at radius 2 is 1.07 bits per heavy atom. The molecule has 1 unspecified atom stereocenters. The Labute approximate surface area is 246 Å². The Hall–Kier alpha value is -3.97. The van der Waals surface area contributed by atoms with Gasteiger partial charge in [0.25, 0.3) is 0 Å². The molecule has 4 aromatic rings. The first-order valence-corrected chi connectivity index (χ1v) is 14.5. The van der Waals surface area contributed by atoms with Crippen LogP contribution >= 0.6 is 11.8 Å². The van der Waals surface area contributed by atoms with Crippen LogP contribution in [0.2, 0.25) is 0 Å². The minimum atomic E-state index is 0.00180. The van der Waals surface area contributed by atoms with Gasteiger partial charge < -0.3 is 28.4 Å². The molecule has 0 aliphatic heterocycles. The van der Waals surface area contributed by atoms with Crippen molar-refractivity contribution in [1.29, 1.82) is 0 Å². The molecule has 6 nitrogen and oxygen atoms in total. The number of hydrogen-bond donors (Lipinski definition) is 0. The van der Waals surface area contributed by atoms with E-state index in [1.54, 1.807) is 42.7 Å². The monoisotopic (exact) mass is 572 g/mol. The van der Waals surface area contributed by atoms with Crippen LogP contribution in [0.1, 0.15) is 44.9 Å². The minimum Gasteiger partial charge on any atom is -0.497 e. The van der Waals surface area contributed by atoms with E-state index in [9.17, 15) is 0 Å². The molecule has 0 aromatic heterocycles. The smallest absolute Gasteiger partial charge is 0.126 e. The lowest BCUT2D eigenvalue weighted by Gasteiger charge is -2.27. The van der Waals surface area contributed by atoms with Crippen molar-refractivity contribution in [3.8, 4) is 34.5 Å². The fourth-order valence-corrected chi connectivity index (χ4v) is 7.16. The number of thioether (sulfide) groups is 1. The SMILES string of the molecule is COc1ccc(CSC2c3cc(OC)cc(OC)c3[C@@H](c3ccc(OC)cc3)[C@@H]2c2cc(OC)cc(OC)c2)cc1. The van der Waals surface area contributed by atoms with Crippen LogP contribution in [0, 0.1) is 0 Å². The predicted molar refractivity (Wildman–Crippen MR) is 164 cm³/mol. The van der Waals surface area contributed by atoms with E-state index in [0.29, 0.717) is 0 Å². The highest BCUT2D eigenvalue weighted by Crippen LogP contribution is 2.62. The van der Waals surface area contributed by atoms with E-state index in [1.807, 2.05) is 48.2 Å². The molecule has 0 saturated carbocycles. The summed E-state index contributed by atoms with van der Waals surface area (Å²) in [6, 6.07) is 26.9. The first-order chi connectivity index (χ1) is 20.0. The number of benzene rings is 4. The van der Waals surface area contributed by atoms with Gasteiger partial charge in [-0.05, 0) is 64.7 Å². The van der Waals surface area contributed by atoms with Gasteiger partial charge in [-0.25, -0.2) is 0 Å². The van der Waals surface area contributed by atoms with Gasteiger partial charge in [0, 0.05) is 40.5 Å². The Balaban J connectivity index is 1.70. The summed E-state index contributed by atoms with van der Waals surface area (Å²) in [6.07, 6.45) is 0. The zero-order chi connectivity index (χ0) is 28.9. The fraction of sp³-hybridized carbons (Fsp3) is 0.294. The number of hydrogen-bond acceptors (Lipinski definition) is 7. The average Bonchev–Trinajstić information content (AvgIpc) is 3.37. The van der Waals surface area contributed by atoms with Gasteiger partial charge in [-0.15, -0.1) is 11.8 Å². The normalized spacial score (nSPS) is 17.5. The van der Waals surface area contributed by atoms with Crippen molar-refractivity contribution in [3.63, 3.8) is 0 Å². The maximum absolute atomic E-state index is 6.03. The van der Waals surface area contributed by atoms with Crippen LogP contribution in [0.25, 0.3) is 0 Å². The summed E-state index contributed by atoms with van der Waals surface area (Å²) < 4.78 is 34.1. The Morgan fingerprint density at radius 1 is 0.537 bits per heavy atom. The molecule has 0 saturated heterocycles. The van der Waals surface area contributed by atoms with Crippen LogP contribution in [-0.2, 0) is 5.75 Å². The van der Waals surface area contributed by atoms with E-state index in [1.165, 1.54) is 16.7 Å². The van der Waals surface area contributed by atoms with E-state index in [2.05, 4.69) is 42.5 Å². The van der Waals surface area contributed by atoms with E-state index in [4.69, 9.17) is 28.4 Å². The Morgan fingerprint density at radius 3 is 1.61 bits per heavy atom. The lowest BCUT2D eigenvalue weighted by atomic mass is 9.81. The summed E-state index contributed by atoms with van der Waals surface area (Å²) in [5.74, 6) is 5.63. The molecule has 0 heterocycles. The Kier molecular flexibility index (Phi) is 8.84. The topological polar surface area (TPSA) is 55.4 Å². The van der Waals surface area contributed by atoms with Gasteiger partial charge in [0.15, 0.2) is 0 Å². The van der Waals surface area contributed by atoms with Gasteiger partial charge in [-0.1, -0.05) is 24.3 Å². The van der Waals surface area contributed by atoms with E-state index < -0.39 is 0 Å². The molecule has 7 heteroatoms. The number of fused-ring (bicyclic) bond motifs is 1. The zero-order valence-corrected chi connectivity index (χ0v) is 25.1. The number of rotatable bonds is 11. The zero-order valence-electron chi connectivity index (χ0n) is 24.3. The quantitative estimate of drug-likeness (QED) is 0.183. The lowest BCUT2D eigenvalue weighted by molar-refractivity contribution is 0.389. The third kappa shape index (κ3) is 5.77. The van der Waals surface area contributed by atoms with Crippen LogP contribution in [0.5, 0.6) is 34.5 Å². The predicted octanol–water partition coefficient (Wildman–Crippen LogP) is 7.64. The maximum atomic E-state index is 6.03. The summed E-state index contributed by atoms with van der Waals surface area (Å²) in [7, 11) is 10.2. The first-order valence-electron chi connectivity index (χ1n) is 13.4. The van der Waals surface area contributed by atoms with E-state index >= 15 is 0 Å². The fourth-order valence-electron chi connectivity index (χ4n) is 5.70. The van der Waals surface area contributed by atoms with Crippen molar-refractivity contribution >= 4 is 11.8 Å². The minimum absolute atomic E-state index is 0.00180. The van der Waals surface area contributed by atoms with Crippen molar-refractivity contribution in [2.75, 3.05) is 42.7 Å². The average molecular weight is 573 g/mol. The molecule has 41 heavy (non-hydrogen) atoms. The second kappa shape index (κ2) is 12.7. The molecule has 0 radical (unpaired) electrons. The molecular weight excluding hydrogens is 536 g/mol. The molecule has 0 fully saturated rings. The molecular formula is C34H36O6S. The van der Waals surface area contributed by atoms with Crippen molar-refractivity contribution in [3.05, 3.63) is 107 Å². The van der Waals surface area contributed by atoms with Gasteiger partial charge in [-0.3, -0.25) is 0 Å².